The van der Waals surface area contributed by atoms with Crippen molar-refractivity contribution in [3.63, 3.8) is 0 Å². The van der Waals surface area contributed by atoms with E-state index in [1.165, 1.54) is 0 Å². The molecular formula is C20H25N5O3. The number of aryl methyl sites for hydroxylation is 1. The molecule has 0 saturated carbocycles. The van der Waals surface area contributed by atoms with E-state index in [9.17, 15) is 0 Å². The van der Waals surface area contributed by atoms with Crippen molar-refractivity contribution in [2.75, 3.05) is 25.3 Å². The predicted molar refractivity (Wildman–Crippen MR) is 108 cm³/mol. The summed E-state index contributed by atoms with van der Waals surface area (Å²) in [5.41, 5.74) is 8.98. The molecule has 0 atom stereocenters. The summed E-state index contributed by atoms with van der Waals surface area (Å²) in [6.45, 7) is 8.10. The number of anilines is 3. The van der Waals surface area contributed by atoms with E-state index in [-0.39, 0.29) is 5.41 Å². The minimum Gasteiger partial charge on any atom is -0.493 e. The van der Waals surface area contributed by atoms with Gasteiger partial charge in [-0.2, -0.15) is 4.98 Å². The summed E-state index contributed by atoms with van der Waals surface area (Å²) >= 11 is 0. The van der Waals surface area contributed by atoms with Crippen molar-refractivity contribution in [3.05, 3.63) is 35.7 Å². The summed E-state index contributed by atoms with van der Waals surface area (Å²) in [6, 6.07) is 5.57. The maximum Gasteiger partial charge on any atom is 0.229 e. The van der Waals surface area contributed by atoms with Gasteiger partial charge in [0.1, 0.15) is 17.3 Å². The molecule has 148 valence electrons. The Hall–Kier alpha value is -3.29. The highest BCUT2D eigenvalue weighted by Gasteiger charge is 2.21. The first-order chi connectivity index (χ1) is 13.2. The van der Waals surface area contributed by atoms with Crippen LogP contribution in [0.3, 0.4) is 0 Å². The number of nitrogen functional groups attached to an aromatic ring is 1. The van der Waals surface area contributed by atoms with Crippen molar-refractivity contribution in [1.82, 2.24) is 15.1 Å². The molecule has 3 aromatic rings. The molecule has 0 unspecified atom stereocenters. The molecule has 2 aromatic heterocycles. The van der Waals surface area contributed by atoms with Crippen LogP contribution in [0.25, 0.3) is 11.3 Å². The van der Waals surface area contributed by atoms with Crippen molar-refractivity contribution in [2.45, 2.75) is 33.1 Å². The molecule has 0 saturated heterocycles. The lowest BCUT2D eigenvalue weighted by atomic mass is 9.93. The maximum absolute atomic E-state index is 6.15. The Kier molecular flexibility index (Phi) is 5.13. The zero-order valence-corrected chi connectivity index (χ0v) is 17.0. The molecule has 3 N–H and O–H groups in total. The minimum atomic E-state index is -0.146. The minimum absolute atomic E-state index is 0.146. The monoisotopic (exact) mass is 383 g/mol. The Morgan fingerprint density at radius 3 is 2.32 bits per heavy atom. The van der Waals surface area contributed by atoms with Crippen LogP contribution in [-0.4, -0.2) is 29.3 Å². The van der Waals surface area contributed by atoms with E-state index in [0.717, 1.165) is 17.0 Å². The van der Waals surface area contributed by atoms with Crippen LogP contribution < -0.4 is 20.5 Å². The number of hydrogen-bond donors (Lipinski definition) is 2. The molecule has 0 spiro atoms. The number of nitrogens with one attached hydrogen (secondary N) is 1. The molecule has 28 heavy (non-hydrogen) atoms. The van der Waals surface area contributed by atoms with Gasteiger partial charge in [0.2, 0.25) is 5.95 Å². The Balaban J connectivity index is 1.88. The Labute approximate surface area is 164 Å². The second kappa shape index (κ2) is 7.38. The van der Waals surface area contributed by atoms with Gasteiger partial charge >= 0.3 is 0 Å². The van der Waals surface area contributed by atoms with Crippen molar-refractivity contribution in [1.29, 1.82) is 0 Å². The number of rotatable bonds is 5. The summed E-state index contributed by atoms with van der Waals surface area (Å²) in [7, 11) is 3.19. The molecule has 0 bridgehead atoms. The van der Waals surface area contributed by atoms with E-state index in [2.05, 4.69) is 41.2 Å². The molecule has 8 heteroatoms. The van der Waals surface area contributed by atoms with Gasteiger partial charge in [0.25, 0.3) is 0 Å². The average molecular weight is 383 g/mol. The van der Waals surface area contributed by atoms with Crippen molar-refractivity contribution in [3.8, 4) is 22.8 Å². The Morgan fingerprint density at radius 2 is 1.75 bits per heavy atom. The second-order valence-electron chi connectivity index (χ2n) is 7.47. The summed E-state index contributed by atoms with van der Waals surface area (Å²) < 4.78 is 16.1. The van der Waals surface area contributed by atoms with Crippen LogP contribution in [0.4, 0.5) is 17.5 Å². The van der Waals surface area contributed by atoms with Gasteiger partial charge in [0, 0.05) is 29.4 Å². The van der Waals surface area contributed by atoms with Crippen LogP contribution in [-0.2, 0) is 5.41 Å². The van der Waals surface area contributed by atoms with Gasteiger partial charge in [0.05, 0.1) is 19.8 Å². The van der Waals surface area contributed by atoms with Crippen LogP contribution in [0.1, 0.15) is 32.1 Å². The number of benzene rings is 1. The number of aromatic nitrogens is 3. The SMILES string of the molecule is COc1cc(C)c(Nc2ncc(-c3cc(C(C)(C)C)on3)c(N)n2)cc1OC. The number of nitrogens with zero attached hydrogens (tertiary/aromatic N) is 3. The van der Waals surface area contributed by atoms with Gasteiger partial charge in [-0.05, 0) is 18.6 Å². The maximum atomic E-state index is 6.15. The van der Waals surface area contributed by atoms with E-state index in [4.69, 9.17) is 19.7 Å². The lowest BCUT2D eigenvalue weighted by Gasteiger charge is -2.14. The summed E-state index contributed by atoms with van der Waals surface area (Å²) in [5.74, 6) is 2.71. The largest absolute Gasteiger partial charge is 0.493 e. The van der Waals surface area contributed by atoms with Crippen molar-refractivity contribution in [2.24, 2.45) is 0 Å². The van der Waals surface area contributed by atoms with Crippen LogP contribution in [0.15, 0.2) is 28.9 Å². The van der Waals surface area contributed by atoms with Gasteiger partial charge < -0.3 is 25.0 Å². The van der Waals surface area contributed by atoms with Gasteiger partial charge in [-0.1, -0.05) is 25.9 Å². The first-order valence-corrected chi connectivity index (χ1v) is 8.82. The zero-order chi connectivity index (χ0) is 20.5. The summed E-state index contributed by atoms with van der Waals surface area (Å²) in [6.07, 6.45) is 1.63. The number of hydrogen-bond acceptors (Lipinski definition) is 8. The predicted octanol–water partition coefficient (Wildman–Crippen LogP) is 4.08. The highest BCUT2D eigenvalue weighted by Crippen LogP contribution is 2.34. The van der Waals surface area contributed by atoms with Gasteiger partial charge in [-0.15, -0.1) is 0 Å². The standard InChI is InChI=1S/C20H25N5O3/c1-11-7-15(26-5)16(27-6)8-13(11)23-19-22-10-12(18(21)24-19)14-9-17(28-25-14)20(2,3)4/h7-10H,1-6H3,(H3,21,22,23,24). The van der Waals surface area contributed by atoms with E-state index in [0.29, 0.717) is 34.5 Å². The molecule has 0 aliphatic carbocycles. The molecule has 0 amide bonds. The van der Waals surface area contributed by atoms with Gasteiger partial charge in [0.15, 0.2) is 11.5 Å². The van der Waals surface area contributed by atoms with Crippen LogP contribution in [0.5, 0.6) is 11.5 Å². The van der Waals surface area contributed by atoms with Crippen LogP contribution in [0.2, 0.25) is 0 Å². The molecule has 0 fully saturated rings. The van der Waals surface area contributed by atoms with Gasteiger partial charge in [-0.3, -0.25) is 0 Å². The average Bonchev–Trinajstić information content (AvgIpc) is 3.13. The third kappa shape index (κ3) is 3.85. The summed E-state index contributed by atoms with van der Waals surface area (Å²) in [4.78, 5) is 8.72. The molecular weight excluding hydrogens is 358 g/mol. The second-order valence-corrected chi connectivity index (χ2v) is 7.47. The summed E-state index contributed by atoms with van der Waals surface area (Å²) in [5, 5.41) is 7.26. The molecule has 8 nitrogen and oxygen atoms in total. The molecule has 0 radical (unpaired) electrons. The lowest BCUT2D eigenvalue weighted by Crippen LogP contribution is -2.09. The van der Waals surface area contributed by atoms with E-state index in [1.807, 2.05) is 25.1 Å². The fraction of sp³-hybridized carbons (Fsp3) is 0.350. The van der Waals surface area contributed by atoms with E-state index < -0.39 is 0 Å². The third-order valence-electron chi connectivity index (χ3n) is 4.32. The zero-order valence-electron chi connectivity index (χ0n) is 17.0. The smallest absolute Gasteiger partial charge is 0.229 e. The third-order valence-corrected chi connectivity index (χ3v) is 4.32. The molecule has 3 rings (SSSR count). The van der Waals surface area contributed by atoms with Crippen molar-refractivity contribution >= 4 is 17.5 Å². The normalized spacial score (nSPS) is 11.4. The molecule has 1 aromatic carbocycles. The van der Waals surface area contributed by atoms with E-state index in [1.54, 1.807) is 20.4 Å². The first kappa shape index (κ1) is 19.5. The quantitative estimate of drug-likeness (QED) is 0.678. The number of methoxy groups -OCH3 is 2. The Morgan fingerprint density at radius 1 is 1.07 bits per heavy atom. The molecule has 2 heterocycles. The van der Waals surface area contributed by atoms with E-state index >= 15 is 0 Å². The lowest BCUT2D eigenvalue weighted by molar-refractivity contribution is 0.330. The van der Waals surface area contributed by atoms with Crippen LogP contribution >= 0.6 is 0 Å². The van der Waals surface area contributed by atoms with Crippen LogP contribution in [0, 0.1) is 6.92 Å². The Bertz CT molecular complexity index is 992. The fourth-order valence-corrected chi connectivity index (χ4v) is 2.64. The highest BCUT2D eigenvalue weighted by molar-refractivity contribution is 5.72. The highest BCUT2D eigenvalue weighted by atomic mass is 16.5. The fourth-order valence-electron chi connectivity index (χ4n) is 2.64. The first-order valence-electron chi connectivity index (χ1n) is 8.82. The number of ether oxygens (including phenoxy) is 2. The van der Waals surface area contributed by atoms with Gasteiger partial charge in [-0.25, -0.2) is 4.98 Å². The molecule has 0 aliphatic rings. The topological polar surface area (TPSA) is 108 Å². The number of nitrogens with two attached hydrogens (primary N) is 1. The molecule has 0 aliphatic heterocycles. The van der Waals surface area contributed by atoms with Crippen molar-refractivity contribution < 1.29 is 14.0 Å².